The highest BCUT2D eigenvalue weighted by molar-refractivity contribution is 9.10. The molecule has 0 aliphatic carbocycles. The second-order valence-corrected chi connectivity index (χ2v) is 5.22. The van der Waals surface area contributed by atoms with E-state index in [1.807, 2.05) is 12.1 Å². The molecule has 1 aliphatic rings. The second-order valence-electron chi connectivity index (χ2n) is 4.36. The van der Waals surface area contributed by atoms with E-state index in [-0.39, 0.29) is 0 Å². The van der Waals surface area contributed by atoms with Crippen molar-refractivity contribution < 1.29 is 14.6 Å². The maximum atomic E-state index is 10.2. The van der Waals surface area contributed by atoms with Crippen LogP contribution in [0.15, 0.2) is 16.6 Å². The van der Waals surface area contributed by atoms with E-state index in [4.69, 9.17) is 9.47 Å². The Balaban J connectivity index is 2.19. The molecule has 0 radical (unpaired) electrons. The van der Waals surface area contributed by atoms with Crippen molar-refractivity contribution in [3.8, 4) is 23.3 Å². The summed E-state index contributed by atoms with van der Waals surface area (Å²) >= 11 is 3.47. The van der Waals surface area contributed by atoms with Crippen LogP contribution in [0, 0.1) is 11.8 Å². The fourth-order valence-corrected chi connectivity index (χ4v) is 2.52. The normalized spacial score (nSPS) is 15.1. The summed E-state index contributed by atoms with van der Waals surface area (Å²) in [5.41, 5.74) is 0.828. The molecule has 0 bridgehead atoms. The number of aliphatic hydroxyl groups excluding tert-OH is 1. The zero-order chi connectivity index (χ0) is 13.7. The fourth-order valence-electron chi connectivity index (χ4n) is 1.94. The zero-order valence-electron chi connectivity index (χ0n) is 10.9. The molecule has 1 aliphatic heterocycles. The van der Waals surface area contributed by atoms with E-state index in [0.717, 1.165) is 22.2 Å². The summed E-state index contributed by atoms with van der Waals surface area (Å²) in [6.07, 6.45) is 1.64. The third-order valence-corrected chi connectivity index (χ3v) is 3.52. The third kappa shape index (κ3) is 3.65. The van der Waals surface area contributed by atoms with E-state index in [1.165, 1.54) is 0 Å². The largest absolute Gasteiger partial charge is 0.490 e. The molecular formula is C15H17BrO3. The Hall–Kier alpha value is -1.18. The average Bonchev–Trinajstić information content (AvgIpc) is 2.64. The summed E-state index contributed by atoms with van der Waals surface area (Å²) in [7, 11) is 0. The Morgan fingerprint density at radius 2 is 2.16 bits per heavy atom. The summed E-state index contributed by atoms with van der Waals surface area (Å²) in [6.45, 7) is 3.09. The summed E-state index contributed by atoms with van der Waals surface area (Å²) in [5, 5.41) is 10.2. The molecule has 1 aromatic rings. The van der Waals surface area contributed by atoms with Gasteiger partial charge in [-0.15, -0.1) is 11.8 Å². The van der Waals surface area contributed by atoms with Gasteiger partial charge in [-0.1, -0.05) is 0 Å². The molecule has 0 spiro atoms. The Morgan fingerprint density at radius 1 is 1.37 bits per heavy atom. The van der Waals surface area contributed by atoms with Gasteiger partial charge in [-0.25, -0.2) is 0 Å². The van der Waals surface area contributed by atoms with Gasteiger partial charge in [-0.3, -0.25) is 0 Å². The summed E-state index contributed by atoms with van der Waals surface area (Å²) in [5.74, 6) is 7.21. The second kappa shape index (κ2) is 6.83. The minimum atomic E-state index is -0.533. The van der Waals surface area contributed by atoms with Crippen LogP contribution < -0.4 is 9.47 Å². The lowest BCUT2D eigenvalue weighted by Gasteiger charge is -2.15. The molecule has 0 fully saturated rings. The van der Waals surface area contributed by atoms with E-state index < -0.39 is 6.10 Å². The van der Waals surface area contributed by atoms with Crippen molar-refractivity contribution >= 4 is 15.9 Å². The molecule has 0 amide bonds. The van der Waals surface area contributed by atoms with Gasteiger partial charge in [0.05, 0.1) is 23.8 Å². The minimum Gasteiger partial charge on any atom is -0.490 e. The Bertz CT molecular complexity index is 502. The molecule has 19 heavy (non-hydrogen) atoms. The monoisotopic (exact) mass is 324 g/mol. The van der Waals surface area contributed by atoms with Crippen LogP contribution >= 0.6 is 15.9 Å². The number of ether oxygens (including phenoxy) is 2. The van der Waals surface area contributed by atoms with E-state index >= 15 is 0 Å². The number of aliphatic hydroxyl groups is 1. The van der Waals surface area contributed by atoms with Gasteiger partial charge in [0.15, 0.2) is 11.5 Å². The zero-order valence-corrected chi connectivity index (χ0v) is 12.5. The predicted octanol–water partition coefficient (Wildman–Crippen LogP) is 3.45. The van der Waals surface area contributed by atoms with Crippen molar-refractivity contribution in [2.24, 2.45) is 0 Å². The number of benzene rings is 1. The quantitative estimate of drug-likeness (QED) is 0.865. The first-order valence-corrected chi connectivity index (χ1v) is 7.18. The molecule has 2 rings (SSSR count). The topological polar surface area (TPSA) is 38.7 Å². The van der Waals surface area contributed by atoms with Gasteiger partial charge in [-0.2, -0.15) is 0 Å². The molecule has 1 atom stereocenters. The molecule has 1 unspecified atom stereocenters. The lowest BCUT2D eigenvalue weighted by atomic mass is 10.0. The number of hydrogen-bond donors (Lipinski definition) is 1. The van der Waals surface area contributed by atoms with Gasteiger partial charge >= 0.3 is 0 Å². The molecule has 1 N–H and O–H groups in total. The molecule has 102 valence electrons. The van der Waals surface area contributed by atoms with Crippen molar-refractivity contribution in [2.45, 2.75) is 32.3 Å². The SMILES string of the molecule is CC#CCCC(O)c1cc(Br)c2c(c1)OCCCO2. The highest BCUT2D eigenvalue weighted by Crippen LogP contribution is 2.40. The highest BCUT2D eigenvalue weighted by atomic mass is 79.9. The predicted molar refractivity (Wildman–Crippen MR) is 77.4 cm³/mol. The van der Waals surface area contributed by atoms with Crippen molar-refractivity contribution in [1.82, 2.24) is 0 Å². The Morgan fingerprint density at radius 3 is 2.95 bits per heavy atom. The van der Waals surface area contributed by atoms with Gasteiger partial charge in [0.25, 0.3) is 0 Å². The first-order valence-electron chi connectivity index (χ1n) is 6.39. The molecule has 0 aromatic heterocycles. The third-order valence-electron chi connectivity index (χ3n) is 2.93. The van der Waals surface area contributed by atoms with E-state index in [0.29, 0.717) is 31.8 Å². The van der Waals surface area contributed by atoms with E-state index in [9.17, 15) is 5.11 Å². The maximum absolute atomic E-state index is 10.2. The number of halogens is 1. The summed E-state index contributed by atoms with van der Waals surface area (Å²) in [4.78, 5) is 0. The van der Waals surface area contributed by atoms with Crippen LogP contribution in [0.1, 0.15) is 37.9 Å². The van der Waals surface area contributed by atoms with Gasteiger partial charge in [0, 0.05) is 12.8 Å². The van der Waals surface area contributed by atoms with Crippen LogP contribution in [-0.2, 0) is 0 Å². The molecule has 0 saturated heterocycles. The van der Waals surface area contributed by atoms with Gasteiger partial charge in [-0.05, 0) is 47.0 Å². The fraction of sp³-hybridized carbons (Fsp3) is 0.467. The van der Waals surface area contributed by atoms with Crippen molar-refractivity contribution in [3.63, 3.8) is 0 Å². The van der Waals surface area contributed by atoms with Crippen LogP contribution in [0.5, 0.6) is 11.5 Å². The van der Waals surface area contributed by atoms with Crippen molar-refractivity contribution in [2.75, 3.05) is 13.2 Å². The average molecular weight is 325 g/mol. The molecule has 4 heteroatoms. The first kappa shape index (κ1) is 14.2. The van der Waals surface area contributed by atoms with Crippen molar-refractivity contribution in [1.29, 1.82) is 0 Å². The lowest BCUT2D eigenvalue weighted by molar-refractivity contribution is 0.168. The van der Waals surface area contributed by atoms with Crippen LogP contribution in [0.3, 0.4) is 0 Å². The van der Waals surface area contributed by atoms with Crippen LogP contribution in [0.4, 0.5) is 0 Å². The van der Waals surface area contributed by atoms with Crippen LogP contribution in [0.2, 0.25) is 0 Å². The molecular weight excluding hydrogens is 308 g/mol. The standard InChI is InChI=1S/C15H17BrO3/c1-2-3-4-6-13(17)11-9-12(16)15-14(10-11)18-7-5-8-19-15/h9-10,13,17H,4-8H2,1H3. The first-order chi connectivity index (χ1) is 9.22. The summed E-state index contributed by atoms with van der Waals surface area (Å²) in [6, 6.07) is 3.74. The van der Waals surface area contributed by atoms with E-state index in [1.54, 1.807) is 6.92 Å². The number of rotatable bonds is 3. The molecule has 3 nitrogen and oxygen atoms in total. The molecule has 0 saturated carbocycles. The number of fused-ring (bicyclic) bond motifs is 1. The molecule has 1 heterocycles. The molecule has 1 aromatic carbocycles. The minimum absolute atomic E-state index is 0.533. The van der Waals surface area contributed by atoms with Crippen LogP contribution in [-0.4, -0.2) is 18.3 Å². The Labute approximate surface area is 122 Å². The van der Waals surface area contributed by atoms with E-state index in [2.05, 4.69) is 27.8 Å². The van der Waals surface area contributed by atoms with Gasteiger partial charge < -0.3 is 14.6 Å². The highest BCUT2D eigenvalue weighted by Gasteiger charge is 2.18. The lowest BCUT2D eigenvalue weighted by Crippen LogP contribution is -2.00. The van der Waals surface area contributed by atoms with Gasteiger partial charge in [0.2, 0.25) is 0 Å². The van der Waals surface area contributed by atoms with Crippen LogP contribution in [0.25, 0.3) is 0 Å². The summed E-state index contributed by atoms with van der Waals surface area (Å²) < 4.78 is 12.1. The smallest absolute Gasteiger partial charge is 0.175 e. The Kier molecular flexibility index (Phi) is 5.12. The van der Waals surface area contributed by atoms with Crippen molar-refractivity contribution in [3.05, 3.63) is 22.2 Å². The van der Waals surface area contributed by atoms with Gasteiger partial charge in [0.1, 0.15) is 0 Å². The number of hydrogen-bond acceptors (Lipinski definition) is 3. The maximum Gasteiger partial charge on any atom is 0.175 e.